The third-order valence-corrected chi connectivity index (χ3v) is 3.89. The first-order valence-corrected chi connectivity index (χ1v) is 6.06. The molecule has 0 unspecified atom stereocenters. The van der Waals surface area contributed by atoms with E-state index in [0.29, 0.717) is 10.8 Å². The first kappa shape index (κ1) is 10.1. The molecule has 0 atom stereocenters. The van der Waals surface area contributed by atoms with E-state index in [4.69, 9.17) is 4.74 Å². The third kappa shape index (κ3) is 1.25. The van der Waals surface area contributed by atoms with Crippen LogP contribution in [0, 0.1) is 5.41 Å². The fraction of sp³-hybridized carbons (Fsp3) is 0.385. The van der Waals surface area contributed by atoms with Crippen molar-refractivity contribution >= 4 is 16.5 Å². The molecule has 4 rings (SSSR count). The molecule has 2 saturated heterocycles. The zero-order chi connectivity index (χ0) is 12.2. The van der Waals surface area contributed by atoms with Crippen molar-refractivity contribution < 1.29 is 4.74 Å². The van der Waals surface area contributed by atoms with Crippen LogP contribution in [0.5, 0.6) is 0 Å². The number of rotatable bonds is 1. The van der Waals surface area contributed by atoms with Gasteiger partial charge in [-0.05, 0) is 6.07 Å². The van der Waals surface area contributed by atoms with Gasteiger partial charge in [-0.2, -0.15) is 0 Å². The van der Waals surface area contributed by atoms with E-state index in [1.165, 1.54) is 0 Å². The van der Waals surface area contributed by atoms with Crippen molar-refractivity contribution in [3.05, 3.63) is 35.0 Å². The number of ether oxygens (including phenoxy) is 1. The smallest absolute Gasteiger partial charge is 0.257 e. The Morgan fingerprint density at radius 3 is 2.83 bits per heavy atom. The summed E-state index contributed by atoms with van der Waals surface area (Å²) in [6.45, 7) is 3.73. The molecular weight excluding hydrogens is 230 g/mol. The quantitative estimate of drug-likeness (QED) is 0.803. The van der Waals surface area contributed by atoms with Crippen LogP contribution in [-0.2, 0) is 4.74 Å². The van der Waals surface area contributed by atoms with Crippen molar-refractivity contribution in [1.29, 1.82) is 0 Å². The van der Waals surface area contributed by atoms with Crippen LogP contribution in [0.15, 0.2) is 29.5 Å². The van der Waals surface area contributed by atoms with Crippen LogP contribution in [-0.4, -0.2) is 36.3 Å². The molecular formula is C13H13N3O2. The number of pyridine rings is 2. The SMILES string of the molecule is O=c1[nH]ccc2c(N3CC4(COC4)C3)cncc12. The highest BCUT2D eigenvalue weighted by atomic mass is 16.5. The van der Waals surface area contributed by atoms with Gasteiger partial charge >= 0.3 is 0 Å². The minimum absolute atomic E-state index is 0.0796. The van der Waals surface area contributed by atoms with Crippen molar-refractivity contribution in [3.63, 3.8) is 0 Å². The molecule has 1 spiro atoms. The van der Waals surface area contributed by atoms with Crippen LogP contribution >= 0.6 is 0 Å². The standard InChI is InChI=1S/C13H13N3O2/c17-12-10-3-14-4-11(9(10)1-2-15-12)16-5-13(6-16)7-18-8-13/h1-4H,5-8H2,(H,15,17). The highest BCUT2D eigenvalue weighted by Crippen LogP contribution is 2.41. The lowest BCUT2D eigenvalue weighted by molar-refractivity contribution is -0.126. The van der Waals surface area contributed by atoms with E-state index in [1.807, 2.05) is 12.3 Å². The van der Waals surface area contributed by atoms with E-state index < -0.39 is 0 Å². The molecule has 2 aromatic heterocycles. The van der Waals surface area contributed by atoms with Crippen LogP contribution in [0.2, 0.25) is 0 Å². The lowest BCUT2D eigenvalue weighted by Crippen LogP contribution is -2.66. The lowest BCUT2D eigenvalue weighted by Gasteiger charge is -2.56. The predicted molar refractivity (Wildman–Crippen MR) is 67.8 cm³/mol. The predicted octanol–water partition coefficient (Wildman–Crippen LogP) is 0.760. The molecule has 2 aliphatic rings. The molecule has 0 radical (unpaired) electrons. The number of fused-ring (bicyclic) bond motifs is 1. The molecule has 2 aromatic rings. The number of nitrogens with zero attached hydrogens (tertiary/aromatic N) is 2. The molecule has 0 aliphatic carbocycles. The topological polar surface area (TPSA) is 58.2 Å². The number of anilines is 1. The van der Waals surface area contributed by atoms with Gasteiger partial charge in [0.25, 0.3) is 5.56 Å². The molecule has 5 heteroatoms. The number of aromatic amines is 1. The van der Waals surface area contributed by atoms with E-state index in [2.05, 4.69) is 14.9 Å². The molecule has 2 fully saturated rings. The molecule has 4 heterocycles. The Morgan fingerprint density at radius 1 is 1.28 bits per heavy atom. The summed E-state index contributed by atoms with van der Waals surface area (Å²) >= 11 is 0. The summed E-state index contributed by atoms with van der Waals surface area (Å²) in [5.74, 6) is 0. The maximum atomic E-state index is 11.7. The minimum atomic E-state index is -0.0796. The number of aromatic nitrogens is 2. The van der Waals surface area contributed by atoms with Crippen LogP contribution in [0.25, 0.3) is 10.8 Å². The number of H-pyrrole nitrogens is 1. The van der Waals surface area contributed by atoms with Crippen molar-refractivity contribution in [3.8, 4) is 0 Å². The van der Waals surface area contributed by atoms with Gasteiger partial charge in [0.15, 0.2) is 0 Å². The Morgan fingerprint density at radius 2 is 2.11 bits per heavy atom. The number of hydrogen-bond acceptors (Lipinski definition) is 4. The van der Waals surface area contributed by atoms with Gasteiger partial charge in [0.1, 0.15) is 0 Å². The molecule has 1 N–H and O–H groups in total. The van der Waals surface area contributed by atoms with E-state index in [1.54, 1.807) is 12.4 Å². The van der Waals surface area contributed by atoms with Crippen LogP contribution < -0.4 is 10.5 Å². The summed E-state index contributed by atoms with van der Waals surface area (Å²) in [7, 11) is 0. The van der Waals surface area contributed by atoms with Crippen molar-refractivity contribution in [2.24, 2.45) is 5.41 Å². The van der Waals surface area contributed by atoms with Gasteiger partial charge in [0.2, 0.25) is 0 Å². The lowest BCUT2D eigenvalue weighted by atomic mass is 9.77. The molecule has 92 valence electrons. The second-order valence-corrected chi connectivity index (χ2v) is 5.28. The summed E-state index contributed by atoms with van der Waals surface area (Å²) < 4.78 is 5.27. The Kier molecular flexibility index (Phi) is 1.86. The minimum Gasteiger partial charge on any atom is -0.380 e. The largest absolute Gasteiger partial charge is 0.380 e. The molecule has 5 nitrogen and oxygen atoms in total. The monoisotopic (exact) mass is 243 g/mol. The molecule has 0 aromatic carbocycles. The molecule has 2 aliphatic heterocycles. The van der Waals surface area contributed by atoms with Crippen molar-refractivity contribution in [2.45, 2.75) is 0 Å². The second-order valence-electron chi connectivity index (χ2n) is 5.28. The number of hydrogen-bond donors (Lipinski definition) is 1. The molecule has 0 saturated carbocycles. The molecule has 0 bridgehead atoms. The zero-order valence-corrected chi connectivity index (χ0v) is 9.85. The highest BCUT2D eigenvalue weighted by Gasteiger charge is 2.49. The summed E-state index contributed by atoms with van der Waals surface area (Å²) in [6, 6.07) is 1.94. The fourth-order valence-corrected chi connectivity index (χ4v) is 2.85. The van der Waals surface area contributed by atoms with Crippen molar-refractivity contribution in [2.75, 3.05) is 31.2 Å². The Bertz CT molecular complexity index is 667. The first-order valence-electron chi connectivity index (χ1n) is 6.06. The third-order valence-electron chi connectivity index (χ3n) is 3.89. The second kappa shape index (κ2) is 3.32. The highest BCUT2D eigenvalue weighted by molar-refractivity contribution is 5.92. The van der Waals surface area contributed by atoms with Crippen LogP contribution in [0.3, 0.4) is 0 Å². The maximum Gasteiger partial charge on any atom is 0.257 e. The zero-order valence-electron chi connectivity index (χ0n) is 9.85. The molecule has 18 heavy (non-hydrogen) atoms. The van der Waals surface area contributed by atoms with E-state index in [-0.39, 0.29) is 5.56 Å². The van der Waals surface area contributed by atoms with E-state index in [9.17, 15) is 4.79 Å². The summed E-state index contributed by atoms with van der Waals surface area (Å²) in [5.41, 5.74) is 1.34. The maximum absolute atomic E-state index is 11.7. The van der Waals surface area contributed by atoms with Gasteiger partial charge in [0.05, 0.1) is 35.9 Å². The van der Waals surface area contributed by atoms with Crippen LogP contribution in [0.4, 0.5) is 5.69 Å². The average molecular weight is 243 g/mol. The van der Waals surface area contributed by atoms with E-state index in [0.717, 1.165) is 37.4 Å². The Balaban J connectivity index is 1.77. The van der Waals surface area contributed by atoms with Gasteiger partial charge < -0.3 is 14.6 Å². The van der Waals surface area contributed by atoms with E-state index >= 15 is 0 Å². The van der Waals surface area contributed by atoms with Gasteiger partial charge in [0, 0.05) is 30.9 Å². The van der Waals surface area contributed by atoms with Gasteiger partial charge in [-0.3, -0.25) is 9.78 Å². The normalized spacial score (nSPS) is 20.8. The van der Waals surface area contributed by atoms with Gasteiger partial charge in [-0.25, -0.2) is 0 Å². The van der Waals surface area contributed by atoms with Crippen LogP contribution in [0.1, 0.15) is 0 Å². The first-order chi connectivity index (χ1) is 8.77. The average Bonchev–Trinajstić information content (AvgIpc) is 2.26. The van der Waals surface area contributed by atoms with Crippen molar-refractivity contribution in [1.82, 2.24) is 9.97 Å². The summed E-state index contributed by atoms with van der Waals surface area (Å²) in [4.78, 5) is 20.9. The fourth-order valence-electron chi connectivity index (χ4n) is 2.85. The Hall–Kier alpha value is -1.88. The van der Waals surface area contributed by atoms with Gasteiger partial charge in [-0.1, -0.05) is 0 Å². The van der Waals surface area contributed by atoms with Gasteiger partial charge in [-0.15, -0.1) is 0 Å². The number of nitrogens with one attached hydrogen (secondary N) is 1. The summed E-state index contributed by atoms with van der Waals surface area (Å²) in [6.07, 6.45) is 5.16. The Labute approximate surface area is 103 Å². The molecule has 0 amide bonds. The summed E-state index contributed by atoms with van der Waals surface area (Å²) in [5, 5.41) is 1.63.